The summed E-state index contributed by atoms with van der Waals surface area (Å²) in [6.45, 7) is 2.05. The number of amides is 1. The molecule has 16 heavy (non-hydrogen) atoms. The summed E-state index contributed by atoms with van der Waals surface area (Å²) in [6.07, 6.45) is 0.314. The summed E-state index contributed by atoms with van der Waals surface area (Å²) >= 11 is 0. The minimum atomic E-state index is -0.988. The first-order chi connectivity index (χ1) is 7.45. The largest absolute Gasteiger partial charge is 0.480 e. The molecule has 1 aliphatic rings. The van der Waals surface area contributed by atoms with Gasteiger partial charge in [0.15, 0.2) is 0 Å². The molecule has 3 atom stereocenters. The lowest BCUT2D eigenvalue weighted by atomic mass is 10.2. The van der Waals surface area contributed by atoms with E-state index in [0.29, 0.717) is 13.0 Å². The third-order valence-corrected chi connectivity index (χ3v) is 2.70. The summed E-state index contributed by atoms with van der Waals surface area (Å²) in [5, 5.41) is 9.00. The van der Waals surface area contributed by atoms with Crippen LogP contribution >= 0.6 is 0 Å². The topological polar surface area (TPSA) is 92.9 Å². The molecule has 1 saturated heterocycles. The van der Waals surface area contributed by atoms with Crippen molar-refractivity contribution in [2.24, 2.45) is 5.73 Å². The van der Waals surface area contributed by atoms with Crippen molar-refractivity contribution < 1.29 is 19.4 Å². The fourth-order valence-electron chi connectivity index (χ4n) is 1.87. The van der Waals surface area contributed by atoms with Gasteiger partial charge in [-0.15, -0.1) is 0 Å². The number of methoxy groups -OCH3 is 1. The van der Waals surface area contributed by atoms with Crippen molar-refractivity contribution in [3.05, 3.63) is 0 Å². The number of carbonyl (C=O) groups is 2. The summed E-state index contributed by atoms with van der Waals surface area (Å²) in [5.41, 5.74) is 5.52. The van der Waals surface area contributed by atoms with Gasteiger partial charge in [-0.3, -0.25) is 4.79 Å². The van der Waals surface area contributed by atoms with Crippen molar-refractivity contribution in [1.29, 1.82) is 0 Å². The minimum Gasteiger partial charge on any atom is -0.480 e. The molecule has 6 heteroatoms. The fourth-order valence-corrected chi connectivity index (χ4v) is 1.87. The standard InChI is InChI=1S/C10H18N2O4/c1-6(11)3-9(13)12-5-7(16-2)4-8(12)10(14)15/h6-8H,3-5,11H2,1-2H3,(H,14,15). The quantitative estimate of drug-likeness (QED) is 0.674. The lowest BCUT2D eigenvalue weighted by Crippen LogP contribution is -2.42. The van der Waals surface area contributed by atoms with Crippen LogP contribution in [0.15, 0.2) is 0 Å². The third-order valence-electron chi connectivity index (χ3n) is 2.70. The molecule has 0 aliphatic carbocycles. The molecule has 0 spiro atoms. The highest BCUT2D eigenvalue weighted by Crippen LogP contribution is 2.21. The van der Waals surface area contributed by atoms with E-state index >= 15 is 0 Å². The molecule has 0 aromatic heterocycles. The molecule has 1 rings (SSSR count). The van der Waals surface area contributed by atoms with Crippen LogP contribution in [-0.2, 0) is 14.3 Å². The average molecular weight is 230 g/mol. The molecular weight excluding hydrogens is 212 g/mol. The van der Waals surface area contributed by atoms with E-state index in [2.05, 4.69) is 0 Å². The van der Waals surface area contributed by atoms with Crippen molar-refractivity contribution in [3.63, 3.8) is 0 Å². The SMILES string of the molecule is COC1CC(C(=O)O)N(C(=O)CC(C)N)C1. The first kappa shape index (κ1) is 12.9. The van der Waals surface area contributed by atoms with Crippen LogP contribution in [0.1, 0.15) is 19.8 Å². The highest BCUT2D eigenvalue weighted by molar-refractivity contribution is 5.84. The summed E-state index contributed by atoms with van der Waals surface area (Å²) in [5.74, 6) is -1.21. The zero-order valence-corrected chi connectivity index (χ0v) is 9.55. The molecule has 92 valence electrons. The Kier molecular flexibility index (Phi) is 4.26. The first-order valence-electron chi connectivity index (χ1n) is 5.26. The van der Waals surface area contributed by atoms with Gasteiger partial charge in [-0.1, -0.05) is 0 Å². The molecule has 3 unspecified atom stereocenters. The van der Waals surface area contributed by atoms with Crippen molar-refractivity contribution in [1.82, 2.24) is 4.90 Å². The van der Waals surface area contributed by atoms with Gasteiger partial charge in [0.25, 0.3) is 0 Å². The summed E-state index contributed by atoms with van der Waals surface area (Å²) < 4.78 is 5.09. The van der Waals surface area contributed by atoms with Crippen LogP contribution in [0.4, 0.5) is 0 Å². The Balaban J connectivity index is 2.69. The van der Waals surface area contributed by atoms with Crippen molar-refractivity contribution in [3.8, 4) is 0 Å². The Morgan fingerprint density at radius 3 is 2.69 bits per heavy atom. The second-order valence-electron chi connectivity index (χ2n) is 4.17. The van der Waals surface area contributed by atoms with E-state index in [1.165, 1.54) is 12.0 Å². The maximum absolute atomic E-state index is 11.8. The number of carbonyl (C=O) groups excluding carboxylic acids is 1. The predicted molar refractivity (Wildman–Crippen MR) is 56.8 cm³/mol. The fraction of sp³-hybridized carbons (Fsp3) is 0.800. The Morgan fingerprint density at radius 2 is 2.25 bits per heavy atom. The highest BCUT2D eigenvalue weighted by Gasteiger charge is 2.39. The molecular formula is C10H18N2O4. The Hall–Kier alpha value is -1.14. The molecule has 0 bridgehead atoms. The highest BCUT2D eigenvalue weighted by atomic mass is 16.5. The Bertz CT molecular complexity index is 280. The van der Waals surface area contributed by atoms with Crippen molar-refractivity contribution in [2.45, 2.75) is 38.0 Å². The normalized spacial score (nSPS) is 26.8. The number of nitrogens with zero attached hydrogens (tertiary/aromatic N) is 1. The molecule has 0 aromatic carbocycles. The number of carboxylic acid groups (broad SMARTS) is 1. The third kappa shape index (κ3) is 2.93. The molecule has 3 N–H and O–H groups in total. The van der Waals surface area contributed by atoms with Crippen LogP contribution < -0.4 is 5.73 Å². The number of hydrogen-bond donors (Lipinski definition) is 2. The molecule has 6 nitrogen and oxygen atoms in total. The van der Waals surface area contributed by atoms with E-state index in [1.54, 1.807) is 6.92 Å². The van der Waals surface area contributed by atoms with E-state index in [9.17, 15) is 9.59 Å². The number of likely N-dealkylation sites (tertiary alicyclic amines) is 1. The maximum atomic E-state index is 11.8. The van der Waals surface area contributed by atoms with Crippen LogP contribution in [0.25, 0.3) is 0 Å². The van der Waals surface area contributed by atoms with Crippen LogP contribution in [0.3, 0.4) is 0 Å². The van der Waals surface area contributed by atoms with Crippen molar-refractivity contribution >= 4 is 11.9 Å². The molecule has 1 heterocycles. The van der Waals surface area contributed by atoms with Gasteiger partial charge < -0.3 is 20.5 Å². The van der Waals surface area contributed by atoms with Crippen LogP contribution in [-0.4, -0.2) is 53.7 Å². The number of aliphatic carboxylic acids is 1. The molecule has 0 aromatic rings. The molecule has 1 fully saturated rings. The van der Waals surface area contributed by atoms with E-state index in [0.717, 1.165) is 0 Å². The second-order valence-corrected chi connectivity index (χ2v) is 4.17. The van der Waals surface area contributed by atoms with E-state index in [1.807, 2.05) is 0 Å². The zero-order chi connectivity index (χ0) is 12.3. The average Bonchev–Trinajstić information content (AvgIpc) is 2.60. The molecule has 1 aliphatic heterocycles. The van der Waals surface area contributed by atoms with Gasteiger partial charge in [0, 0.05) is 32.5 Å². The van der Waals surface area contributed by atoms with Gasteiger partial charge in [-0.2, -0.15) is 0 Å². The van der Waals surface area contributed by atoms with Gasteiger partial charge in [-0.25, -0.2) is 4.79 Å². The number of rotatable bonds is 4. The predicted octanol–water partition coefficient (Wildman–Crippen LogP) is -0.576. The van der Waals surface area contributed by atoms with Gasteiger partial charge in [-0.05, 0) is 6.92 Å². The lowest BCUT2D eigenvalue weighted by molar-refractivity contribution is -0.148. The smallest absolute Gasteiger partial charge is 0.326 e. The molecule has 1 amide bonds. The Labute approximate surface area is 94.3 Å². The molecule has 0 radical (unpaired) electrons. The zero-order valence-electron chi connectivity index (χ0n) is 9.55. The number of ether oxygens (including phenoxy) is 1. The van der Waals surface area contributed by atoms with Crippen LogP contribution in [0.2, 0.25) is 0 Å². The lowest BCUT2D eigenvalue weighted by Gasteiger charge is -2.22. The van der Waals surface area contributed by atoms with E-state index in [4.69, 9.17) is 15.6 Å². The van der Waals surface area contributed by atoms with Gasteiger partial charge >= 0.3 is 5.97 Å². The van der Waals surface area contributed by atoms with Crippen molar-refractivity contribution in [2.75, 3.05) is 13.7 Å². The summed E-state index contributed by atoms with van der Waals surface area (Å²) in [4.78, 5) is 24.1. The number of carboxylic acids is 1. The van der Waals surface area contributed by atoms with E-state index in [-0.39, 0.29) is 24.5 Å². The molecule has 0 saturated carbocycles. The van der Waals surface area contributed by atoms with Gasteiger partial charge in [0.2, 0.25) is 5.91 Å². The summed E-state index contributed by atoms with van der Waals surface area (Å²) in [7, 11) is 1.52. The van der Waals surface area contributed by atoms with Gasteiger partial charge in [0.1, 0.15) is 6.04 Å². The summed E-state index contributed by atoms with van der Waals surface area (Å²) in [6, 6.07) is -1.04. The number of hydrogen-bond acceptors (Lipinski definition) is 4. The van der Waals surface area contributed by atoms with Gasteiger partial charge in [0.05, 0.1) is 6.10 Å². The first-order valence-corrected chi connectivity index (χ1v) is 5.26. The monoisotopic (exact) mass is 230 g/mol. The maximum Gasteiger partial charge on any atom is 0.326 e. The Morgan fingerprint density at radius 1 is 1.62 bits per heavy atom. The second kappa shape index (κ2) is 5.27. The van der Waals surface area contributed by atoms with Crippen LogP contribution in [0.5, 0.6) is 0 Å². The minimum absolute atomic E-state index is 0.167. The van der Waals surface area contributed by atoms with Crippen LogP contribution in [0, 0.1) is 0 Å². The van der Waals surface area contributed by atoms with E-state index < -0.39 is 12.0 Å². The number of nitrogens with two attached hydrogens (primary N) is 1.